The fourth-order valence-corrected chi connectivity index (χ4v) is 2.14. The molecule has 2 amide bonds. The highest BCUT2D eigenvalue weighted by Crippen LogP contribution is 2.35. The van der Waals surface area contributed by atoms with Crippen LogP contribution in [0, 0.1) is 0 Å². The fourth-order valence-electron chi connectivity index (χ4n) is 2.14. The lowest BCUT2D eigenvalue weighted by atomic mass is 10.0. The first kappa shape index (κ1) is 12.4. The number of amides is 2. The average Bonchev–Trinajstić information content (AvgIpc) is 2.61. The van der Waals surface area contributed by atoms with Crippen molar-refractivity contribution in [3.63, 3.8) is 0 Å². The number of nitrogens with zero attached hydrogens (tertiary/aromatic N) is 1. The second kappa shape index (κ2) is 5.08. The van der Waals surface area contributed by atoms with Crippen LogP contribution in [0.3, 0.4) is 0 Å². The molecule has 2 rings (SSSR count). The van der Waals surface area contributed by atoms with Crippen molar-refractivity contribution < 1.29 is 14.3 Å². The zero-order valence-corrected chi connectivity index (χ0v) is 10.5. The number of carbonyl (C=O) groups excluding carboxylic acids is 2. The number of fused-ring (bicyclic) bond motifs is 1. The molecule has 0 bridgehead atoms. The molecule has 96 valence electrons. The Morgan fingerprint density at radius 2 is 2.17 bits per heavy atom. The summed E-state index contributed by atoms with van der Waals surface area (Å²) in [7, 11) is 1.74. The van der Waals surface area contributed by atoms with E-state index in [1.54, 1.807) is 18.9 Å². The Kier molecular flexibility index (Phi) is 3.50. The molecule has 1 aromatic carbocycles. The minimum atomic E-state index is -0.489. The molecule has 1 atom stereocenters. The standard InChI is InChI=1S/C13H16N2O3/c1-3-18-13(17)14-8-10-9-6-4-5-7-11(9)15(2)12(10)16/h4-7,10H,3,8H2,1-2H3,(H,14,17). The van der Waals surface area contributed by atoms with Gasteiger partial charge in [-0.25, -0.2) is 4.79 Å². The van der Waals surface area contributed by atoms with E-state index in [1.165, 1.54) is 0 Å². The summed E-state index contributed by atoms with van der Waals surface area (Å²) in [6.07, 6.45) is -0.489. The van der Waals surface area contributed by atoms with Gasteiger partial charge in [0.1, 0.15) is 0 Å². The molecule has 0 fully saturated rings. The number of para-hydroxylation sites is 1. The molecular formula is C13H16N2O3. The van der Waals surface area contributed by atoms with E-state index >= 15 is 0 Å². The third kappa shape index (κ3) is 2.16. The number of alkyl carbamates (subject to hydrolysis) is 1. The van der Waals surface area contributed by atoms with Crippen molar-refractivity contribution in [3.8, 4) is 0 Å². The summed E-state index contributed by atoms with van der Waals surface area (Å²) in [6.45, 7) is 2.32. The highest BCUT2D eigenvalue weighted by atomic mass is 16.5. The largest absolute Gasteiger partial charge is 0.450 e. The van der Waals surface area contributed by atoms with Gasteiger partial charge in [0, 0.05) is 19.3 Å². The first-order valence-electron chi connectivity index (χ1n) is 5.92. The zero-order valence-electron chi connectivity index (χ0n) is 10.5. The van der Waals surface area contributed by atoms with Gasteiger partial charge in [0.2, 0.25) is 5.91 Å². The third-order valence-corrected chi connectivity index (χ3v) is 3.03. The molecule has 1 aromatic rings. The fraction of sp³-hybridized carbons (Fsp3) is 0.385. The smallest absolute Gasteiger partial charge is 0.407 e. The number of anilines is 1. The molecule has 0 saturated carbocycles. The summed E-state index contributed by atoms with van der Waals surface area (Å²) in [5.41, 5.74) is 1.85. The quantitative estimate of drug-likeness (QED) is 0.881. The maximum atomic E-state index is 12.1. The molecular weight excluding hydrogens is 232 g/mol. The topological polar surface area (TPSA) is 58.6 Å². The van der Waals surface area contributed by atoms with Crippen molar-refractivity contribution in [2.75, 3.05) is 25.1 Å². The van der Waals surface area contributed by atoms with Crippen LogP contribution in [-0.2, 0) is 9.53 Å². The van der Waals surface area contributed by atoms with E-state index in [2.05, 4.69) is 5.32 Å². The molecule has 0 aromatic heterocycles. The van der Waals surface area contributed by atoms with Gasteiger partial charge in [-0.1, -0.05) is 18.2 Å². The third-order valence-electron chi connectivity index (χ3n) is 3.03. The molecule has 18 heavy (non-hydrogen) atoms. The van der Waals surface area contributed by atoms with Gasteiger partial charge < -0.3 is 15.0 Å². The highest BCUT2D eigenvalue weighted by Gasteiger charge is 2.34. The summed E-state index contributed by atoms with van der Waals surface area (Å²) < 4.78 is 4.78. The predicted octanol–water partition coefficient (Wildman–Crippen LogP) is 1.49. The Labute approximate surface area is 106 Å². The zero-order chi connectivity index (χ0) is 13.1. The van der Waals surface area contributed by atoms with E-state index in [-0.39, 0.29) is 18.4 Å². The lowest BCUT2D eigenvalue weighted by Crippen LogP contribution is -2.33. The lowest BCUT2D eigenvalue weighted by Gasteiger charge is -2.11. The molecule has 0 spiro atoms. The Bertz CT molecular complexity index is 473. The number of benzene rings is 1. The van der Waals surface area contributed by atoms with Crippen LogP contribution in [0.4, 0.5) is 10.5 Å². The minimum absolute atomic E-state index is 0.00648. The Balaban J connectivity index is 2.10. The van der Waals surface area contributed by atoms with E-state index < -0.39 is 6.09 Å². The molecule has 1 aliphatic heterocycles. The number of ether oxygens (including phenoxy) is 1. The SMILES string of the molecule is CCOC(=O)NCC1C(=O)N(C)c2ccccc21. The van der Waals surface area contributed by atoms with Crippen LogP contribution in [0.1, 0.15) is 18.4 Å². The van der Waals surface area contributed by atoms with Crippen LogP contribution in [0.25, 0.3) is 0 Å². The van der Waals surface area contributed by atoms with Crippen molar-refractivity contribution in [3.05, 3.63) is 29.8 Å². The molecule has 1 N–H and O–H groups in total. The molecule has 0 aliphatic carbocycles. The summed E-state index contributed by atoms with van der Waals surface area (Å²) in [5, 5.41) is 2.61. The minimum Gasteiger partial charge on any atom is -0.450 e. The molecule has 1 unspecified atom stereocenters. The number of rotatable bonds is 3. The van der Waals surface area contributed by atoms with Crippen LogP contribution in [0.15, 0.2) is 24.3 Å². The number of hydrogen-bond donors (Lipinski definition) is 1. The van der Waals surface area contributed by atoms with E-state index in [9.17, 15) is 9.59 Å². The van der Waals surface area contributed by atoms with Gasteiger partial charge in [-0.3, -0.25) is 4.79 Å². The van der Waals surface area contributed by atoms with Crippen LogP contribution in [0.2, 0.25) is 0 Å². The maximum Gasteiger partial charge on any atom is 0.407 e. The van der Waals surface area contributed by atoms with Gasteiger partial charge in [0.05, 0.1) is 12.5 Å². The summed E-state index contributed by atoms with van der Waals surface area (Å²) in [6, 6.07) is 7.60. The maximum absolute atomic E-state index is 12.1. The summed E-state index contributed by atoms with van der Waals surface area (Å²) in [4.78, 5) is 24.9. The van der Waals surface area contributed by atoms with E-state index in [0.29, 0.717) is 6.61 Å². The Morgan fingerprint density at radius 3 is 2.89 bits per heavy atom. The van der Waals surface area contributed by atoms with Crippen molar-refractivity contribution in [2.45, 2.75) is 12.8 Å². The van der Waals surface area contributed by atoms with E-state index in [4.69, 9.17) is 4.74 Å². The second-order valence-electron chi connectivity index (χ2n) is 4.11. The predicted molar refractivity (Wildman–Crippen MR) is 67.6 cm³/mol. The van der Waals surface area contributed by atoms with Crippen molar-refractivity contribution in [1.29, 1.82) is 0 Å². The number of hydrogen-bond acceptors (Lipinski definition) is 3. The van der Waals surface area contributed by atoms with Gasteiger partial charge in [0.15, 0.2) is 0 Å². The van der Waals surface area contributed by atoms with Crippen LogP contribution in [-0.4, -0.2) is 32.2 Å². The van der Waals surface area contributed by atoms with E-state index in [1.807, 2.05) is 24.3 Å². The van der Waals surface area contributed by atoms with Crippen molar-refractivity contribution in [1.82, 2.24) is 5.32 Å². The van der Waals surface area contributed by atoms with Crippen molar-refractivity contribution in [2.24, 2.45) is 0 Å². The average molecular weight is 248 g/mol. The second-order valence-corrected chi connectivity index (χ2v) is 4.11. The monoisotopic (exact) mass is 248 g/mol. The molecule has 0 radical (unpaired) electrons. The lowest BCUT2D eigenvalue weighted by molar-refractivity contribution is -0.118. The van der Waals surface area contributed by atoms with Gasteiger partial charge >= 0.3 is 6.09 Å². The normalized spacial score (nSPS) is 17.6. The van der Waals surface area contributed by atoms with Crippen LogP contribution >= 0.6 is 0 Å². The van der Waals surface area contributed by atoms with Gasteiger partial charge in [0.25, 0.3) is 0 Å². The highest BCUT2D eigenvalue weighted by molar-refractivity contribution is 6.04. The summed E-state index contributed by atoms with van der Waals surface area (Å²) >= 11 is 0. The van der Waals surface area contributed by atoms with Crippen LogP contribution in [0.5, 0.6) is 0 Å². The number of likely N-dealkylation sites (N-methyl/N-ethyl adjacent to an activating group) is 1. The molecule has 5 heteroatoms. The van der Waals surface area contributed by atoms with Crippen molar-refractivity contribution >= 4 is 17.7 Å². The Morgan fingerprint density at radius 1 is 1.44 bits per heavy atom. The van der Waals surface area contributed by atoms with E-state index in [0.717, 1.165) is 11.3 Å². The number of nitrogens with one attached hydrogen (secondary N) is 1. The first-order valence-corrected chi connectivity index (χ1v) is 5.92. The molecule has 1 heterocycles. The molecule has 1 aliphatic rings. The number of carbonyl (C=O) groups is 2. The van der Waals surface area contributed by atoms with Gasteiger partial charge in [-0.2, -0.15) is 0 Å². The first-order chi connectivity index (χ1) is 8.65. The molecule has 5 nitrogen and oxygen atoms in total. The van der Waals surface area contributed by atoms with Crippen LogP contribution < -0.4 is 10.2 Å². The molecule has 0 saturated heterocycles. The summed E-state index contributed by atoms with van der Waals surface area (Å²) in [5.74, 6) is -0.330. The Hall–Kier alpha value is -2.04. The van der Waals surface area contributed by atoms with Gasteiger partial charge in [-0.05, 0) is 18.6 Å². The van der Waals surface area contributed by atoms with Gasteiger partial charge in [-0.15, -0.1) is 0 Å².